The molecule has 0 radical (unpaired) electrons. The summed E-state index contributed by atoms with van der Waals surface area (Å²) in [5.74, 6) is 0.260. The number of carbonyl (C=O) groups excluding carboxylic acids is 3. The Labute approximate surface area is 203 Å². The molecule has 1 spiro atoms. The van der Waals surface area contributed by atoms with E-state index < -0.39 is 39.0 Å². The SMILES string of the molecule is O=C1NC(C(=O)Nc2cc(Cl)c(Oc3ccc4c(c3)C3(CCC3)C(=O)N4)c(Cl)c2)=C[I-]O1. The van der Waals surface area contributed by atoms with E-state index in [0.717, 1.165) is 30.5 Å². The van der Waals surface area contributed by atoms with E-state index in [1.54, 1.807) is 10.1 Å². The molecule has 2 aromatic rings. The molecule has 11 heteroatoms. The van der Waals surface area contributed by atoms with Crippen LogP contribution in [0.25, 0.3) is 0 Å². The van der Waals surface area contributed by atoms with Crippen LogP contribution in [0, 0.1) is 0 Å². The van der Waals surface area contributed by atoms with Gasteiger partial charge in [0.25, 0.3) is 0 Å². The van der Waals surface area contributed by atoms with Crippen molar-refractivity contribution in [1.82, 2.24) is 5.32 Å². The molecule has 5 rings (SSSR count). The fourth-order valence-electron chi connectivity index (χ4n) is 3.90. The van der Waals surface area contributed by atoms with Crippen LogP contribution < -0.4 is 42.3 Å². The first kappa shape index (κ1) is 21.4. The van der Waals surface area contributed by atoms with Crippen LogP contribution in [0.1, 0.15) is 24.8 Å². The third kappa shape index (κ3) is 3.67. The number of hydrogen-bond acceptors (Lipinski definition) is 5. The number of nitrogens with one attached hydrogen (secondary N) is 3. The Bertz CT molecular complexity index is 1190. The summed E-state index contributed by atoms with van der Waals surface area (Å²) in [4.78, 5) is 36.1. The first-order valence-corrected chi connectivity index (χ1v) is 12.5. The third-order valence-electron chi connectivity index (χ3n) is 5.62. The van der Waals surface area contributed by atoms with Crippen molar-refractivity contribution in [1.29, 1.82) is 0 Å². The van der Waals surface area contributed by atoms with E-state index in [-0.39, 0.29) is 27.4 Å². The van der Waals surface area contributed by atoms with Gasteiger partial charge >= 0.3 is 158 Å². The quantitative estimate of drug-likeness (QED) is 0.473. The fourth-order valence-corrected chi connectivity index (χ4v) is 5.62. The van der Waals surface area contributed by atoms with Gasteiger partial charge in [0.15, 0.2) is 0 Å². The molecule has 1 fully saturated rings. The second-order valence-electron chi connectivity index (χ2n) is 7.52. The van der Waals surface area contributed by atoms with Gasteiger partial charge < -0.3 is 5.32 Å². The van der Waals surface area contributed by atoms with E-state index in [1.165, 1.54) is 12.1 Å². The van der Waals surface area contributed by atoms with Crippen LogP contribution in [0.3, 0.4) is 0 Å². The second kappa shape index (κ2) is 8.13. The maximum absolute atomic E-state index is 12.4. The summed E-state index contributed by atoms with van der Waals surface area (Å²) in [7, 11) is 0. The summed E-state index contributed by atoms with van der Waals surface area (Å²) in [5, 5.41) is 8.31. The van der Waals surface area contributed by atoms with Crippen molar-refractivity contribution in [2.45, 2.75) is 24.7 Å². The predicted molar refractivity (Wildman–Crippen MR) is 113 cm³/mol. The van der Waals surface area contributed by atoms with E-state index in [9.17, 15) is 14.4 Å². The molecule has 8 nitrogen and oxygen atoms in total. The molecule has 0 saturated heterocycles. The van der Waals surface area contributed by atoms with Crippen molar-refractivity contribution < 1.29 is 43.8 Å². The number of anilines is 2. The number of rotatable bonds is 4. The number of fused-ring (bicyclic) bond motifs is 2. The first-order chi connectivity index (χ1) is 15.4. The Balaban J connectivity index is 1.36. The van der Waals surface area contributed by atoms with Crippen LogP contribution in [0.2, 0.25) is 10.0 Å². The molecule has 2 heterocycles. The van der Waals surface area contributed by atoms with Gasteiger partial charge in [-0.1, -0.05) is 6.42 Å². The van der Waals surface area contributed by atoms with Gasteiger partial charge in [-0.25, -0.2) is 0 Å². The minimum atomic E-state index is -0.965. The maximum atomic E-state index is 12.4. The van der Waals surface area contributed by atoms with Gasteiger partial charge in [-0.2, -0.15) is 0 Å². The van der Waals surface area contributed by atoms with Crippen molar-refractivity contribution in [2.75, 3.05) is 10.6 Å². The number of hydrogen-bond donors (Lipinski definition) is 3. The van der Waals surface area contributed by atoms with Crippen LogP contribution in [0.15, 0.2) is 40.1 Å². The molecule has 0 atom stereocenters. The molecule has 3 aliphatic rings. The minimum absolute atomic E-state index is 0.0324. The van der Waals surface area contributed by atoms with Crippen LogP contribution in [-0.4, -0.2) is 17.9 Å². The molecule has 32 heavy (non-hydrogen) atoms. The van der Waals surface area contributed by atoms with E-state index in [4.69, 9.17) is 31.0 Å². The molecule has 1 saturated carbocycles. The molecular weight excluding hydrogens is 572 g/mol. The number of ether oxygens (including phenoxy) is 1. The number of benzene rings is 2. The Morgan fingerprint density at radius 1 is 1.12 bits per heavy atom. The number of amides is 3. The molecule has 3 N–H and O–H groups in total. The van der Waals surface area contributed by atoms with Gasteiger partial charge in [0.1, 0.15) is 0 Å². The normalized spacial score (nSPS) is 18.2. The average molecular weight is 587 g/mol. The van der Waals surface area contributed by atoms with Crippen LogP contribution >= 0.6 is 23.2 Å². The van der Waals surface area contributed by atoms with Gasteiger partial charge in [-0.15, -0.1) is 0 Å². The van der Waals surface area contributed by atoms with Crippen LogP contribution in [-0.2, 0) is 18.1 Å². The zero-order valence-corrected chi connectivity index (χ0v) is 19.9. The molecule has 0 unspecified atom stereocenters. The molecule has 1 aliphatic carbocycles. The summed E-state index contributed by atoms with van der Waals surface area (Å²) >= 11 is 11.8. The standard InChI is InChI=1S/C21H15Cl2IN3O5/c22-13-6-10(25-18(28)16-9-24-32-20(30)27-16)7-14(23)17(13)31-11-2-3-15-12(8-11)21(4-1-5-21)19(29)26-15/h2-3,6-9H,1,4-5H2,(H,25,28)(H,26,29)(H,27,30)/q-1. The Kier molecular flexibility index (Phi) is 5.42. The molecular formula is C21H15Cl2IN3O5-. The van der Waals surface area contributed by atoms with Crippen molar-refractivity contribution in [3.05, 3.63) is 55.7 Å². The van der Waals surface area contributed by atoms with Gasteiger partial charge in [-0.05, 0) is 12.8 Å². The third-order valence-corrected chi connectivity index (χ3v) is 7.72. The predicted octanol–water partition coefficient (Wildman–Crippen LogP) is 1.68. The van der Waals surface area contributed by atoms with Gasteiger partial charge in [0.2, 0.25) is 5.91 Å². The molecule has 2 aromatic carbocycles. The zero-order valence-electron chi connectivity index (χ0n) is 16.3. The summed E-state index contributed by atoms with van der Waals surface area (Å²) < 4.78 is 12.3. The average Bonchev–Trinajstić information content (AvgIpc) is 3.02. The van der Waals surface area contributed by atoms with Crippen LogP contribution in [0.4, 0.5) is 16.2 Å². The topological polar surface area (TPSA) is 106 Å². The van der Waals surface area contributed by atoms with Gasteiger partial charge in [-0.3, -0.25) is 4.79 Å². The summed E-state index contributed by atoms with van der Waals surface area (Å²) in [6.45, 7) is 0. The van der Waals surface area contributed by atoms with Crippen molar-refractivity contribution in [2.24, 2.45) is 0 Å². The van der Waals surface area contributed by atoms with E-state index in [1.807, 2.05) is 12.1 Å². The molecule has 166 valence electrons. The number of halogens is 3. The monoisotopic (exact) mass is 586 g/mol. The zero-order chi connectivity index (χ0) is 22.5. The van der Waals surface area contributed by atoms with Gasteiger partial charge in [0.05, 0.1) is 5.41 Å². The van der Waals surface area contributed by atoms with Gasteiger partial charge in [0, 0.05) is 5.69 Å². The van der Waals surface area contributed by atoms with Crippen molar-refractivity contribution >= 4 is 52.5 Å². The van der Waals surface area contributed by atoms with E-state index in [2.05, 4.69) is 16.0 Å². The molecule has 3 amide bonds. The second-order valence-corrected chi connectivity index (χ2v) is 9.91. The Morgan fingerprint density at radius 2 is 1.88 bits per heavy atom. The fraction of sp³-hybridized carbons (Fsp3) is 0.190. The summed E-state index contributed by atoms with van der Waals surface area (Å²) in [5.41, 5.74) is 1.72. The molecule has 0 bridgehead atoms. The summed E-state index contributed by atoms with van der Waals surface area (Å²) in [6, 6.07) is 8.40. The van der Waals surface area contributed by atoms with E-state index >= 15 is 0 Å². The Morgan fingerprint density at radius 3 is 2.53 bits per heavy atom. The Hall–Kier alpha value is -2.50. The van der Waals surface area contributed by atoms with E-state index in [0.29, 0.717) is 11.4 Å². The van der Waals surface area contributed by atoms with Crippen LogP contribution in [0.5, 0.6) is 11.5 Å². The van der Waals surface area contributed by atoms with Crippen molar-refractivity contribution in [3.8, 4) is 11.5 Å². The number of carbonyl (C=O) groups is 3. The first-order valence-electron chi connectivity index (χ1n) is 9.61. The molecule has 0 aromatic heterocycles. The molecule has 2 aliphatic heterocycles. The summed E-state index contributed by atoms with van der Waals surface area (Å²) in [6.07, 6.45) is 1.99. The van der Waals surface area contributed by atoms with Crippen molar-refractivity contribution in [3.63, 3.8) is 0 Å².